The van der Waals surface area contributed by atoms with Crippen molar-refractivity contribution in [3.8, 4) is 5.75 Å². The standard InChI is InChI=1S/C20H26ClN5O2/c1-4-28-16-7-5-15(6-8-16)23-20(27)26-12-11-25(13-17(26)14(2)3)19-22-10-9-18(21)24-19/h5-10,14,17H,4,11-13H2,1-3H3,(H,23,27). The molecule has 1 aliphatic heterocycles. The number of benzene rings is 1. The zero-order valence-corrected chi connectivity index (χ0v) is 17.2. The molecule has 0 spiro atoms. The Morgan fingerprint density at radius 2 is 2.04 bits per heavy atom. The topological polar surface area (TPSA) is 70.6 Å². The van der Waals surface area contributed by atoms with E-state index in [1.807, 2.05) is 36.1 Å². The molecule has 8 heteroatoms. The Hall–Kier alpha value is -2.54. The van der Waals surface area contributed by atoms with Crippen LogP contribution in [0, 0.1) is 5.92 Å². The number of anilines is 2. The van der Waals surface area contributed by atoms with Gasteiger partial charge in [-0.25, -0.2) is 14.8 Å². The molecule has 1 N–H and O–H groups in total. The fraction of sp³-hybridized carbons (Fsp3) is 0.450. The average molecular weight is 404 g/mol. The monoisotopic (exact) mass is 403 g/mol. The molecule has 2 heterocycles. The number of halogens is 1. The smallest absolute Gasteiger partial charge is 0.322 e. The Labute approximate surface area is 170 Å². The van der Waals surface area contributed by atoms with Crippen LogP contribution in [0.1, 0.15) is 20.8 Å². The highest BCUT2D eigenvalue weighted by Gasteiger charge is 2.33. The van der Waals surface area contributed by atoms with Gasteiger partial charge >= 0.3 is 6.03 Å². The van der Waals surface area contributed by atoms with Crippen LogP contribution in [0.15, 0.2) is 36.5 Å². The first-order chi connectivity index (χ1) is 13.5. The zero-order valence-electron chi connectivity index (χ0n) is 16.4. The molecule has 2 aromatic rings. The molecular weight excluding hydrogens is 378 g/mol. The summed E-state index contributed by atoms with van der Waals surface area (Å²) in [6.07, 6.45) is 1.65. The van der Waals surface area contributed by atoms with E-state index in [4.69, 9.17) is 16.3 Å². The van der Waals surface area contributed by atoms with E-state index >= 15 is 0 Å². The maximum absolute atomic E-state index is 12.9. The van der Waals surface area contributed by atoms with Crippen LogP contribution < -0.4 is 15.0 Å². The third kappa shape index (κ3) is 4.84. The Bertz CT molecular complexity index is 799. The number of hydrogen-bond acceptors (Lipinski definition) is 5. The van der Waals surface area contributed by atoms with Gasteiger partial charge in [0.25, 0.3) is 0 Å². The molecule has 0 radical (unpaired) electrons. The van der Waals surface area contributed by atoms with Gasteiger partial charge in [0.2, 0.25) is 5.95 Å². The summed E-state index contributed by atoms with van der Waals surface area (Å²) in [6.45, 7) is 8.68. The maximum atomic E-state index is 12.9. The van der Waals surface area contributed by atoms with Gasteiger partial charge in [-0.15, -0.1) is 0 Å². The lowest BCUT2D eigenvalue weighted by molar-refractivity contribution is 0.156. The lowest BCUT2D eigenvalue weighted by Gasteiger charge is -2.43. The minimum atomic E-state index is -0.102. The van der Waals surface area contributed by atoms with Crippen LogP contribution in [0.3, 0.4) is 0 Å². The summed E-state index contributed by atoms with van der Waals surface area (Å²) in [5.41, 5.74) is 0.747. The first kappa shape index (κ1) is 20.2. The summed E-state index contributed by atoms with van der Waals surface area (Å²) in [7, 11) is 0. The molecule has 1 saturated heterocycles. The average Bonchev–Trinajstić information content (AvgIpc) is 2.69. The first-order valence-corrected chi connectivity index (χ1v) is 9.89. The minimum absolute atomic E-state index is 0.0408. The summed E-state index contributed by atoms with van der Waals surface area (Å²) >= 11 is 6.00. The van der Waals surface area contributed by atoms with Gasteiger partial charge < -0.3 is 19.9 Å². The van der Waals surface area contributed by atoms with Gasteiger partial charge in [-0.05, 0) is 43.2 Å². The number of rotatable bonds is 5. The summed E-state index contributed by atoms with van der Waals surface area (Å²) in [5.74, 6) is 1.67. The molecule has 1 aromatic carbocycles. The SMILES string of the molecule is CCOc1ccc(NC(=O)N2CCN(c3nccc(Cl)n3)CC2C(C)C)cc1. The molecule has 28 heavy (non-hydrogen) atoms. The summed E-state index contributed by atoms with van der Waals surface area (Å²) in [4.78, 5) is 25.5. The fourth-order valence-corrected chi connectivity index (χ4v) is 3.42. The number of nitrogens with zero attached hydrogens (tertiary/aromatic N) is 4. The predicted octanol–water partition coefficient (Wildman–Crippen LogP) is 3.91. The Kier molecular flexibility index (Phi) is 6.57. The zero-order chi connectivity index (χ0) is 20.1. The van der Waals surface area contributed by atoms with Gasteiger partial charge in [0.05, 0.1) is 12.6 Å². The number of nitrogens with one attached hydrogen (secondary N) is 1. The van der Waals surface area contributed by atoms with Crippen LogP contribution >= 0.6 is 11.6 Å². The van der Waals surface area contributed by atoms with Crippen LogP contribution in [-0.2, 0) is 0 Å². The van der Waals surface area contributed by atoms with Gasteiger partial charge in [0, 0.05) is 31.5 Å². The molecule has 7 nitrogen and oxygen atoms in total. The third-order valence-electron chi connectivity index (χ3n) is 4.76. The quantitative estimate of drug-likeness (QED) is 0.766. The van der Waals surface area contributed by atoms with Gasteiger partial charge in [0.1, 0.15) is 10.9 Å². The molecule has 1 fully saturated rings. The molecule has 3 rings (SSSR count). The second kappa shape index (κ2) is 9.10. The number of carbonyl (C=O) groups excluding carboxylic acids is 1. The highest BCUT2D eigenvalue weighted by atomic mass is 35.5. The van der Waals surface area contributed by atoms with Crippen molar-refractivity contribution in [2.75, 3.05) is 36.5 Å². The fourth-order valence-electron chi connectivity index (χ4n) is 3.29. The Morgan fingerprint density at radius 3 is 2.68 bits per heavy atom. The van der Waals surface area contributed by atoms with E-state index in [2.05, 4.69) is 34.0 Å². The van der Waals surface area contributed by atoms with Crippen molar-refractivity contribution in [2.24, 2.45) is 5.92 Å². The van der Waals surface area contributed by atoms with Gasteiger partial charge in [-0.3, -0.25) is 0 Å². The number of ether oxygens (including phenoxy) is 1. The van der Waals surface area contributed by atoms with Crippen LogP contribution in [0.2, 0.25) is 5.15 Å². The second-order valence-corrected chi connectivity index (χ2v) is 7.40. The van der Waals surface area contributed by atoms with Crippen molar-refractivity contribution in [1.82, 2.24) is 14.9 Å². The molecule has 1 unspecified atom stereocenters. The minimum Gasteiger partial charge on any atom is -0.494 e. The van der Waals surface area contributed by atoms with E-state index in [1.54, 1.807) is 12.3 Å². The molecule has 0 bridgehead atoms. The van der Waals surface area contributed by atoms with E-state index in [-0.39, 0.29) is 18.0 Å². The molecule has 2 amide bonds. The Balaban J connectivity index is 1.68. The van der Waals surface area contributed by atoms with Gasteiger partial charge in [-0.2, -0.15) is 0 Å². The van der Waals surface area contributed by atoms with E-state index in [0.29, 0.717) is 37.3 Å². The lowest BCUT2D eigenvalue weighted by atomic mass is 10.00. The van der Waals surface area contributed by atoms with Crippen LogP contribution in [0.5, 0.6) is 5.75 Å². The molecular formula is C20H26ClN5O2. The lowest BCUT2D eigenvalue weighted by Crippen LogP contribution is -2.58. The Morgan fingerprint density at radius 1 is 1.29 bits per heavy atom. The largest absolute Gasteiger partial charge is 0.494 e. The van der Waals surface area contributed by atoms with Crippen molar-refractivity contribution in [2.45, 2.75) is 26.8 Å². The predicted molar refractivity (Wildman–Crippen MR) is 111 cm³/mol. The second-order valence-electron chi connectivity index (χ2n) is 7.02. The molecule has 1 aliphatic rings. The molecule has 0 saturated carbocycles. The van der Waals surface area contributed by atoms with E-state index in [9.17, 15) is 4.79 Å². The van der Waals surface area contributed by atoms with Crippen molar-refractivity contribution in [3.05, 3.63) is 41.7 Å². The third-order valence-corrected chi connectivity index (χ3v) is 4.97. The molecule has 0 aliphatic carbocycles. The van der Waals surface area contributed by atoms with Crippen molar-refractivity contribution >= 4 is 29.3 Å². The van der Waals surface area contributed by atoms with E-state index in [0.717, 1.165) is 11.4 Å². The number of urea groups is 1. The van der Waals surface area contributed by atoms with Gasteiger partial charge in [-0.1, -0.05) is 25.4 Å². The normalized spacial score (nSPS) is 17.0. The summed E-state index contributed by atoms with van der Waals surface area (Å²) < 4.78 is 5.44. The van der Waals surface area contributed by atoms with Gasteiger partial charge in [0.15, 0.2) is 0 Å². The van der Waals surface area contributed by atoms with Crippen molar-refractivity contribution in [1.29, 1.82) is 0 Å². The van der Waals surface area contributed by atoms with Crippen LogP contribution in [0.25, 0.3) is 0 Å². The highest BCUT2D eigenvalue weighted by Crippen LogP contribution is 2.23. The van der Waals surface area contributed by atoms with E-state index < -0.39 is 0 Å². The molecule has 1 aromatic heterocycles. The van der Waals surface area contributed by atoms with E-state index in [1.165, 1.54) is 0 Å². The summed E-state index contributed by atoms with van der Waals surface area (Å²) in [6, 6.07) is 9.01. The number of amides is 2. The highest BCUT2D eigenvalue weighted by molar-refractivity contribution is 6.29. The summed E-state index contributed by atoms with van der Waals surface area (Å²) in [5, 5.41) is 3.41. The van der Waals surface area contributed by atoms with Crippen molar-refractivity contribution < 1.29 is 9.53 Å². The van der Waals surface area contributed by atoms with Crippen molar-refractivity contribution in [3.63, 3.8) is 0 Å². The maximum Gasteiger partial charge on any atom is 0.322 e. The molecule has 1 atom stereocenters. The van der Waals surface area contributed by atoms with Crippen LogP contribution in [0.4, 0.5) is 16.4 Å². The number of piperazine rings is 1. The van der Waals surface area contributed by atoms with Crippen LogP contribution in [-0.4, -0.2) is 53.2 Å². The first-order valence-electron chi connectivity index (χ1n) is 9.52. The number of aromatic nitrogens is 2. The molecule has 150 valence electrons. The number of carbonyl (C=O) groups is 1. The number of hydrogen-bond donors (Lipinski definition) is 1.